The zero-order valence-corrected chi connectivity index (χ0v) is 15.5. The van der Waals surface area contributed by atoms with E-state index in [0.29, 0.717) is 25.9 Å². The van der Waals surface area contributed by atoms with Crippen LogP contribution in [0.4, 0.5) is 18.0 Å². The van der Waals surface area contributed by atoms with Gasteiger partial charge in [-0.25, -0.2) is 9.78 Å². The van der Waals surface area contributed by atoms with Gasteiger partial charge in [-0.2, -0.15) is 13.2 Å². The average molecular weight is 415 g/mol. The van der Waals surface area contributed by atoms with Crippen molar-refractivity contribution in [2.75, 3.05) is 20.1 Å². The minimum Gasteiger partial charge on any atom is -0.474 e. The van der Waals surface area contributed by atoms with Crippen LogP contribution in [0.15, 0.2) is 11.4 Å². The molecule has 1 aliphatic carbocycles. The molecule has 1 saturated carbocycles. The number of ether oxygens (including phenoxy) is 1. The number of alkyl halides is 3. The van der Waals surface area contributed by atoms with Crippen molar-refractivity contribution in [3.63, 3.8) is 0 Å². The van der Waals surface area contributed by atoms with Gasteiger partial charge in [0.15, 0.2) is 0 Å². The maximum absolute atomic E-state index is 13.5. The van der Waals surface area contributed by atoms with E-state index in [0.717, 1.165) is 17.4 Å². The fourth-order valence-electron chi connectivity index (χ4n) is 3.87. The molecule has 1 saturated heterocycles. The third-order valence-corrected chi connectivity index (χ3v) is 6.21. The molecule has 1 aliphatic heterocycles. The van der Waals surface area contributed by atoms with E-state index >= 15 is 0 Å². The molecule has 0 unspecified atom stereocenters. The number of fused-ring (bicyclic) bond motifs is 1. The Bertz CT molecular complexity index is 960. The topological polar surface area (TPSA) is 91.8 Å². The van der Waals surface area contributed by atoms with E-state index in [4.69, 9.17) is 9.84 Å². The number of aromatic nitrogens is 1. The molecule has 1 spiro atoms. The lowest BCUT2D eigenvalue weighted by Crippen LogP contribution is -2.65. The summed E-state index contributed by atoms with van der Waals surface area (Å²) in [5.41, 5.74) is -0.999. The van der Waals surface area contributed by atoms with Gasteiger partial charge in [0.05, 0.1) is 21.3 Å². The highest BCUT2D eigenvalue weighted by atomic mass is 32.1. The van der Waals surface area contributed by atoms with E-state index < -0.39 is 23.7 Å². The summed E-state index contributed by atoms with van der Waals surface area (Å²) < 4.78 is 46.0. The van der Waals surface area contributed by atoms with Crippen LogP contribution in [0.3, 0.4) is 0 Å². The molecule has 11 heteroatoms. The minimum atomic E-state index is -4.61. The van der Waals surface area contributed by atoms with Crippen LogP contribution in [0.5, 0.6) is 5.88 Å². The number of carbonyl (C=O) groups is 2. The van der Waals surface area contributed by atoms with Crippen LogP contribution >= 0.6 is 11.3 Å². The SMILES string of the molecule is CNC(=O)c1csc2c(C(F)(F)F)cc(OC3CC4(C3)CN(C(=O)O)C4)nc12. The molecule has 4 rings (SSSR count). The second-order valence-corrected chi connectivity index (χ2v) is 8.08. The van der Waals surface area contributed by atoms with Gasteiger partial charge in [-0.3, -0.25) is 4.79 Å². The summed E-state index contributed by atoms with van der Waals surface area (Å²) in [6, 6.07) is 0.863. The first-order valence-corrected chi connectivity index (χ1v) is 9.36. The Hall–Kier alpha value is -2.56. The molecular weight excluding hydrogens is 399 g/mol. The molecule has 2 aliphatic rings. The molecule has 7 nitrogen and oxygen atoms in total. The molecule has 2 aromatic heterocycles. The summed E-state index contributed by atoms with van der Waals surface area (Å²) in [5.74, 6) is -0.701. The van der Waals surface area contributed by atoms with E-state index in [-0.39, 0.29) is 33.2 Å². The smallest absolute Gasteiger partial charge is 0.418 e. The number of nitrogens with zero attached hydrogens (tertiary/aromatic N) is 2. The number of hydrogen-bond donors (Lipinski definition) is 2. The van der Waals surface area contributed by atoms with Crippen molar-refractivity contribution in [3.8, 4) is 5.88 Å². The molecule has 2 N–H and O–H groups in total. The van der Waals surface area contributed by atoms with Gasteiger partial charge in [-0.1, -0.05) is 0 Å². The van der Waals surface area contributed by atoms with Crippen LogP contribution in [0.25, 0.3) is 10.2 Å². The first-order chi connectivity index (χ1) is 13.1. The Kier molecular flexibility index (Phi) is 4.18. The highest BCUT2D eigenvalue weighted by Crippen LogP contribution is 2.50. The monoisotopic (exact) mass is 415 g/mol. The number of likely N-dealkylation sites (tertiary alicyclic amines) is 1. The Balaban J connectivity index is 1.58. The summed E-state index contributed by atoms with van der Waals surface area (Å²) in [6.07, 6.45) is -4.80. The number of hydrogen-bond acceptors (Lipinski definition) is 5. The lowest BCUT2D eigenvalue weighted by molar-refractivity contribution is -0.136. The van der Waals surface area contributed by atoms with Crippen LogP contribution in [0.1, 0.15) is 28.8 Å². The van der Waals surface area contributed by atoms with E-state index in [1.165, 1.54) is 17.3 Å². The van der Waals surface area contributed by atoms with Gasteiger partial charge in [0.1, 0.15) is 6.10 Å². The maximum atomic E-state index is 13.5. The quantitative estimate of drug-likeness (QED) is 0.803. The fraction of sp³-hybridized carbons (Fsp3) is 0.471. The number of pyridine rings is 1. The van der Waals surface area contributed by atoms with Gasteiger partial charge in [0, 0.05) is 37.0 Å². The van der Waals surface area contributed by atoms with E-state index in [1.807, 2.05) is 0 Å². The molecule has 2 amide bonds. The lowest BCUT2D eigenvalue weighted by Gasteiger charge is -2.57. The van der Waals surface area contributed by atoms with Gasteiger partial charge in [0.2, 0.25) is 5.88 Å². The molecule has 2 fully saturated rings. The van der Waals surface area contributed by atoms with Gasteiger partial charge >= 0.3 is 12.3 Å². The highest BCUT2D eigenvalue weighted by Gasteiger charge is 2.55. The van der Waals surface area contributed by atoms with E-state index in [1.54, 1.807) is 0 Å². The van der Waals surface area contributed by atoms with Crippen molar-refractivity contribution in [2.24, 2.45) is 5.41 Å². The van der Waals surface area contributed by atoms with Crippen molar-refractivity contribution in [3.05, 3.63) is 22.6 Å². The third kappa shape index (κ3) is 3.03. The predicted octanol–water partition coefficient (Wildman–Crippen LogP) is 3.20. The van der Waals surface area contributed by atoms with Crippen molar-refractivity contribution < 1.29 is 32.6 Å². The molecule has 3 heterocycles. The third-order valence-electron chi connectivity index (χ3n) is 5.21. The predicted molar refractivity (Wildman–Crippen MR) is 93.7 cm³/mol. The Morgan fingerprint density at radius 3 is 2.64 bits per heavy atom. The normalized spacial score (nSPS) is 18.6. The largest absolute Gasteiger partial charge is 0.474 e. The summed E-state index contributed by atoms with van der Waals surface area (Å²) >= 11 is 0.814. The number of amides is 2. The number of rotatable bonds is 3. The van der Waals surface area contributed by atoms with Crippen molar-refractivity contribution in [1.29, 1.82) is 0 Å². The zero-order valence-electron chi connectivity index (χ0n) is 14.7. The van der Waals surface area contributed by atoms with Crippen LogP contribution in [0, 0.1) is 5.41 Å². The van der Waals surface area contributed by atoms with Crippen molar-refractivity contribution >= 4 is 33.6 Å². The molecule has 0 atom stereocenters. The molecule has 28 heavy (non-hydrogen) atoms. The van der Waals surface area contributed by atoms with E-state index in [2.05, 4.69) is 10.3 Å². The van der Waals surface area contributed by atoms with Crippen molar-refractivity contribution in [1.82, 2.24) is 15.2 Å². The Labute approximate surface area is 161 Å². The fourth-order valence-corrected chi connectivity index (χ4v) is 4.89. The second kappa shape index (κ2) is 6.23. The number of nitrogens with one attached hydrogen (secondary N) is 1. The Morgan fingerprint density at radius 2 is 2.07 bits per heavy atom. The first kappa shape index (κ1) is 18.8. The van der Waals surface area contributed by atoms with Gasteiger partial charge in [0.25, 0.3) is 5.91 Å². The summed E-state index contributed by atoms with van der Waals surface area (Å²) in [6.45, 7) is 0.821. The molecule has 2 aromatic rings. The highest BCUT2D eigenvalue weighted by molar-refractivity contribution is 7.17. The van der Waals surface area contributed by atoms with Crippen LogP contribution in [-0.4, -0.2) is 53.2 Å². The minimum absolute atomic E-state index is 0.0380. The van der Waals surface area contributed by atoms with Crippen LogP contribution in [0.2, 0.25) is 0 Å². The molecule has 0 radical (unpaired) electrons. The average Bonchev–Trinajstić information content (AvgIpc) is 2.96. The number of halogens is 3. The van der Waals surface area contributed by atoms with Crippen LogP contribution < -0.4 is 10.1 Å². The number of carboxylic acid groups (broad SMARTS) is 1. The Morgan fingerprint density at radius 1 is 1.39 bits per heavy atom. The molecular formula is C17H16F3N3O4S. The lowest BCUT2D eigenvalue weighted by atomic mass is 9.62. The molecule has 0 aromatic carbocycles. The molecule has 0 bridgehead atoms. The number of carbonyl (C=O) groups excluding carboxylic acids is 1. The van der Waals surface area contributed by atoms with Gasteiger partial charge in [-0.05, 0) is 12.8 Å². The summed E-state index contributed by atoms with van der Waals surface area (Å²) in [4.78, 5) is 28.3. The van der Waals surface area contributed by atoms with Crippen LogP contribution in [-0.2, 0) is 6.18 Å². The first-order valence-electron chi connectivity index (χ1n) is 8.48. The van der Waals surface area contributed by atoms with E-state index in [9.17, 15) is 22.8 Å². The van der Waals surface area contributed by atoms with Gasteiger partial charge < -0.3 is 20.1 Å². The second-order valence-electron chi connectivity index (χ2n) is 7.20. The summed E-state index contributed by atoms with van der Waals surface area (Å²) in [5, 5.41) is 12.7. The maximum Gasteiger partial charge on any atom is 0.418 e. The van der Waals surface area contributed by atoms with Crippen molar-refractivity contribution in [2.45, 2.75) is 25.1 Å². The summed E-state index contributed by atoms with van der Waals surface area (Å²) in [7, 11) is 1.39. The standard InChI is InChI=1S/C17H16F3N3O4S/c1-21-14(24)9-5-28-13-10(17(18,19)20)2-11(22-12(9)13)27-8-3-16(4-8)6-23(7-16)15(25)26/h2,5,8H,3-4,6-7H2,1H3,(H,21,24)(H,25,26). The number of thiophene rings is 1. The zero-order chi connectivity index (χ0) is 20.3. The molecule has 150 valence electrons. The van der Waals surface area contributed by atoms with Gasteiger partial charge in [-0.15, -0.1) is 11.3 Å².